The number of hydrogen-bond donors (Lipinski definition) is 0. The van der Waals surface area contributed by atoms with Crippen LogP contribution in [0.2, 0.25) is 5.02 Å². The Morgan fingerprint density at radius 1 is 1.15 bits per heavy atom. The van der Waals surface area contributed by atoms with Gasteiger partial charge in [-0.25, -0.2) is 17.5 Å². The fourth-order valence-electron chi connectivity index (χ4n) is 2.11. The van der Waals surface area contributed by atoms with Gasteiger partial charge < -0.3 is 4.74 Å². The van der Waals surface area contributed by atoms with E-state index in [1.807, 2.05) is 6.07 Å². The van der Waals surface area contributed by atoms with Crippen LogP contribution in [-0.2, 0) is 19.6 Å². The van der Waals surface area contributed by atoms with E-state index in [0.717, 1.165) is 16.6 Å². The molecule has 0 fully saturated rings. The minimum atomic E-state index is -4.00. The molecule has 2 aromatic rings. The molecule has 0 saturated carbocycles. The van der Waals surface area contributed by atoms with Crippen LogP contribution in [-0.4, -0.2) is 25.3 Å². The molecule has 0 N–H and O–H groups in total. The number of carbonyl (C=O) groups is 1. The van der Waals surface area contributed by atoms with Crippen LogP contribution in [0.25, 0.3) is 5.70 Å². The molecular formula is C19H18ClNO4S. The third kappa shape index (κ3) is 4.74. The zero-order valence-electron chi connectivity index (χ0n) is 14.1. The molecule has 7 heteroatoms. The second-order valence-electron chi connectivity index (χ2n) is 5.14. The van der Waals surface area contributed by atoms with Crippen molar-refractivity contribution in [2.24, 2.45) is 0 Å². The monoisotopic (exact) mass is 391 g/mol. The highest BCUT2D eigenvalue weighted by atomic mass is 35.5. The molecular weight excluding hydrogens is 374 g/mol. The number of benzene rings is 2. The Labute approximate surface area is 158 Å². The summed E-state index contributed by atoms with van der Waals surface area (Å²) in [5, 5.41) is 0.416. The first-order chi connectivity index (χ1) is 12.4. The largest absolute Gasteiger partial charge is 0.463 e. The zero-order chi connectivity index (χ0) is 19.2. The molecule has 136 valence electrons. The topological polar surface area (TPSA) is 63.7 Å². The lowest BCUT2D eigenvalue weighted by Gasteiger charge is -2.23. The first-order valence-electron chi connectivity index (χ1n) is 7.75. The number of esters is 1. The van der Waals surface area contributed by atoms with Crippen LogP contribution in [0, 0.1) is 0 Å². The average Bonchev–Trinajstić information content (AvgIpc) is 2.63. The third-order valence-corrected chi connectivity index (χ3v) is 5.36. The zero-order valence-corrected chi connectivity index (χ0v) is 15.7. The summed E-state index contributed by atoms with van der Waals surface area (Å²) in [6.07, 6.45) is 2.18. The quantitative estimate of drug-likeness (QED) is 0.527. The molecule has 0 aliphatic heterocycles. The standard InChI is InChI=1S/C19H18ClNO4S/c1-3-25-19(22)13-14-21(15(2)16-7-5-4-6-8-16)26(23,24)18-11-9-17(20)10-12-18/h4-14H,2-3H2,1H3/b14-13+. The highest BCUT2D eigenvalue weighted by Crippen LogP contribution is 2.27. The van der Waals surface area contributed by atoms with Gasteiger partial charge >= 0.3 is 5.97 Å². The van der Waals surface area contributed by atoms with Crippen molar-refractivity contribution >= 4 is 33.3 Å². The van der Waals surface area contributed by atoms with Gasteiger partial charge in [-0.1, -0.05) is 48.5 Å². The van der Waals surface area contributed by atoms with Crippen LogP contribution < -0.4 is 0 Å². The van der Waals surface area contributed by atoms with E-state index in [4.69, 9.17) is 16.3 Å². The van der Waals surface area contributed by atoms with Crippen molar-refractivity contribution in [3.8, 4) is 0 Å². The second kappa shape index (κ2) is 8.69. The summed E-state index contributed by atoms with van der Waals surface area (Å²) in [5.41, 5.74) is 0.791. The van der Waals surface area contributed by atoms with Gasteiger partial charge in [0, 0.05) is 17.3 Å². The number of halogens is 1. The minimum absolute atomic E-state index is 0.0208. The molecule has 0 aromatic heterocycles. The van der Waals surface area contributed by atoms with E-state index in [1.165, 1.54) is 24.3 Å². The number of ether oxygens (including phenoxy) is 1. The number of nitrogens with zero attached hydrogens (tertiary/aromatic N) is 1. The lowest BCUT2D eigenvalue weighted by atomic mass is 10.2. The lowest BCUT2D eigenvalue weighted by molar-refractivity contribution is -0.137. The molecule has 0 atom stereocenters. The maximum absolute atomic E-state index is 13.0. The number of hydrogen-bond acceptors (Lipinski definition) is 4. The van der Waals surface area contributed by atoms with Gasteiger partial charge in [-0.05, 0) is 36.8 Å². The van der Waals surface area contributed by atoms with Crippen LogP contribution in [0.4, 0.5) is 0 Å². The fraction of sp³-hybridized carbons (Fsp3) is 0.105. The van der Waals surface area contributed by atoms with E-state index in [-0.39, 0.29) is 17.2 Å². The van der Waals surface area contributed by atoms with E-state index >= 15 is 0 Å². The summed E-state index contributed by atoms with van der Waals surface area (Å²) in [7, 11) is -4.00. The molecule has 0 amide bonds. The highest BCUT2D eigenvalue weighted by Gasteiger charge is 2.25. The summed E-state index contributed by atoms with van der Waals surface area (Å²) in [5.74, 6) is -0.648. The van der Waals surface area contributed by atoms with Crippen LogP contribution in [0.3, 0.4) is 0 Å². The van der Waals surface area contributed by atoms with Crippen LogP contribution in [0.15, 0.2) is 78.3 Å². The normalized spacial score (nSPS) is 11.3. The molecule has 2 rings (SSSR count). The first kappa shape index (κ1) is 19.8. The van der Waals surface area contributed by atoms with Gasteiger partial charge in [-0.15, -0.1) is 0 Å². The van der Waals surface area contributed by atoms with Gasteiger partial charge in [-0.2, -0.15) is 0 Å². The number of sulfonamides is 1. The van der Waals surface area contributed by atoms with E-state index in [1.54, 1.807) is 31.2 Å². The highest BCUT2D eigenvalue weighted by molar-refractivity contribution is 7.89. The minimum Gasteiger partial charge on any atom is -0.463 e. The fourth-order valence-corrected chi connectivity index (χ4v) is 3.56. The van der Waals surface area contributed by atoms with Gasteiger partial charge in [0.2, 0.25) is 0 Å². The number of rotatable bonds is 7. The third-order valence-electron chi connectivity index (χ3n) is 3.38. The van der Waals surface area contributed by atoms with Gasteiger partial charge in [0.1, 0.15) is 0 Å². The lowest BCUT2D eigenvalue weighted by Crippen LogP contribution is -2.24. The molecule has 0 radical (unpaired) electrons. The molecule has 0 aliphatic carbocycles. The summed E-state index contributed by atoms with van der Waals surface area (Å²) < 4.78 is 31.9. The van der Waals surface area contributed by atoms with Crippen molar-refractivity contribution < 1.29 is 17.9 Å². The Bertz CT molecular complexity index is 906. The van der Waals surface area contributed by atoms with E-state index in [2.05, 4.69) is 6.58 Å². The summed E-state index contributed by atoms with van der Waals surface area (Å²) in [6, 6.07) is 14.5. The Kier molecular flexibility index (Phi) is 6.60. The van der Waals surface area contributed by atoms with Gasteiger partial charge in [0.05, 0.1) is 17.2 Å². The smallest absolute Gasteiger partial charge is 0.332 e. The number of carbonyl (C=O) groups excluding carboxylic acids is 1. The van der Waals surface area contributed by atoms with Crippen LogP contribution in [0.1, 0.15) is 12.5 Å². The molecule has 0 unspecified atom stereocenters. The maximum atomic E-state index is 13.0. The Balaban J connectivity index is 2.47. The maximum Gasteiger partial charge on any atom is 0.332 e. The molecule has 0 bridgehead atoms. The Morgan fingerprint density at radius 3 is 2.35 bits per heavy atom. The summed E-state index contributed by atoms with van der Waals surface area (Å²) >= 11 is 5.84. The Morgan fingerprint density at radius 2 is 1.77 bits per heavy atom. The van der Waals surface area contributed by atoms with Gasteiger partial charge in [0.15, 0.2) is 0 Å². The van der Waals surface area contributed by atoms with E-state index < -0.39 is 16.0 Å². The van der Waals surface area contributed by atoms with Crippen molar-refractivity contribution in [3.05, 3.63) is 84.0 Å². The molecule has 0 aliphatic rings. The van der Waals surface area contributed by atoms with Crippen molar-refractivity contribution in [2.75, 3.05) is 6.61 Å². The predicted octanol–water partition coefficient (Wildman–Crippen LogP) is 4.08. The van der Waals surface area contributed by atoms with E-state index in [0.29, 0.717) is 10.6 Å². The van der Waals surface area contributed by atoms with Gasteiger partial charge in [0.25, 0.3) is 10.0 Å². The van der Waals surface area contributed by atoms with Crippen molar-refractivity contribution in [1.82, 2.24) is 4.31 Å². The average molecular weight is 392 g/mol. The molecule has 0 spiro atoms. The van der Waals surface area contributed by atoms with Crippen LogP contribution in [0.5, 0.6) is 0 Å². The SMILES string of the molecule is C=C(c1ccccc1)N(/C=C/C(=O)OCC)S(=O)(=O)c1ccc(Cl)cc1. The predicted molar refractivity (Wildman–Crippen MR) is 102 cm³/mol. The van der Waals surface area contributed by atoms with E-state index in [9.17, 15) is 13.2 Å². The first-order valence-corrected chi connectivity index (χ1v) is 9.57. The molecule has 0 saturated heterocycles. The summed E-state index contributed by atoms with van der Waals surface area (Å²) in [6.45, 7) is 5.73. The molecule has 26 heavy (non-hydrogen) atoms. The van der Waals surface area contributed by atoms with Crippen molar-refractivity contribution in [1.29, 1.82) is 0 Å². The molecule has 2 aromatic carbocycles. The van der Waals surface area contributed by atoms with Crippen molar-refractivity contribution in [3.63, 3.8) is 0 Å². The van der Waals surface area contributed by atoms with Crippen molar-refractivity contribution in [2.45, 2.75) is 11.8 Å². The molecule has 0 heterocycles. The molecule has 5 nitrogen and oxygen atoms in total. The Hall–Kier alpha value is -2.57. The van der Waals surface area contributed by atoms with Crippen LogP contribution >= 0.6 is 11.6 Å². The van der Waals surface area contributed by atoms with Gasteiger partial charge in [-0.3, -0.25) is 0 Å². The second-order valence-corrected chi connectivity index (χ2v) is 7.39. The summed E-state index contributed by atoms with van der Waals surface area (Å²) in [4.78, 5) is 11.7.